The Balaban J connectivity index is 1.44. The number of rotatable bonds is 3. The molecule has 3 heterocycles. The van der Waals surface area contributed by atoms with Crippen LogP contribution >= 0.6 is 0 Å². The summed E-state index contributed by atoms with van der Waals surface area (Å²) in [4.78, 5) is 31.3. The third-order valence-electron chi connectivity index (χ3n) is 5.12. The molecule has 0 N–H and O–H groups in total. The molecule has 0 radical (unpaired) electrons. The van der Waals surface area contributed by atoms with Crippen molar-refractivity contribution in [3.63, 3.8) is 0 Å². The van der Waals surface area contributed by atoms with Gasteiger partial charge >= 0.3 is 0 Å². The molecule has 3 aromatic rings. The second kappa shape index (κ2) is 7.34. The molecule has 1 aliphatic rings. The molecule has 7 nitrogen and oxygen atoms in total. The van der Waals surface area contributed by atoms with Gasteiger partial charge in [0.25, 0.3) is 11.8 Å². The first-order chi connectivity index (χ1) is 13.5. The molecule has 1 saturated heterocycles. The average molecular weight is 377 g/mol. The molecule has 1 aromatic carbocycles. The monoisotopic (exact) mass is 377 g/mol. The lowest BCUT2D eigenvalue weighted by atomic mass is 10.1. The largest absolute Gasteiger partial charge is 0.378 e. The van der Waals surface area contributed by atoms with E-state index in [9.17, 15) is 9.59 Å². The normalized spacial score (nSPS) is 14.4. The number of benzene rings is 1. The van der Waals surface area contributed by atoms with E-state index < -0.39 is 0 Å². The van der Waals surface area contributed by atoms with Crippen LogP contribution in [0.15, 0.2) is 54.9 Å². The number of carbonyl (C=O) groups is 2. The maximum Gasteiger partial charge on any atom is 0.257 e. The third-order valence-corrected chi connectivity index (χ3v) is 5.12. The quantitative estimate of drug-likeness (QED) is 0.700. The van der Waals surface area contributed by atoms with Crippen molar-refractivity contribution in [1.29, 1.82) is 0 Å². The van der Waals surface area contributed by atoms with E-state index in [4.69, 9.17) is 0 Å². The highest BCUT2D eigenvalue weighted by atomic mass is 16.2. The van der Waals surface area contributed by atoms with Crippen LogP contribution in [0.3, 0.4) is 0 Å². The van der Waals surface area contributed by atoms with E-state index in [1.165, 1.54) is 0 Å². The van der Waals surface area contributed by atoms with Gasteiger partial charge in [-0.3, -0.25) is 9.59 Å². The topological polar surface area (TPSA) is 61.2 Å². The molecule has 0 saturated carbocycles. The van der Waals surface area contributed by atoms with Crippen LogP contribution in [0.25, 0.3) is 5.52 Å². The van der Waals surface area contributed by atoms with Gasteiger partial charge in [0.05, 0.1) is 17.3 Å². The number of piperazine rings is 1. The van der Waals surface area contributed by atoms with Crippen LogP contribution < -0.4 is 4.90 Å². The summed E-state index contributed by atoms with van der Waals surface area (Å²) < 4.78 is 1.70. The Bertz CT molecular complexity index is 1020. The number of fused-ring (bicyclic) bond motifs is 1. The second-order valence-corrected chi connectivity index (χ2v) is 7.12. The molecule has 0 atom stereocenters. The van der Waals surface area contributed by atoms with Crippen molar-refractivity contribution in [2.24, 2.45) is 0 Å². The highest BCUT2D eigenvalue weighted by molar-refractivity contribution is 6.01. The maximum absolute atomic E-state index is 12.9. The highest BCUT2D eigenvalue weighted by Crippen LogP contribution is 2.18. The van der Waals surface area contributed by atoms with Crippen molar-refractivity contribution in [1.82, 2.24) is 19.4 Å². The third kappa shape index (κ3) is 3.31. The molecule has 2 amide bonds. The van der Waals surface area contributed by atoms with Gasteiger partial charge in [-0.15, -0.1) is 0 Å². The van der Waals surface area contributed by atoms with Crippen molar-refractivity contribution in [3.05, 3.63) is 66.0 Å². The molecule has 2 aromatic heterocycles. The summed E-state index contributed by atoms with van der Waals surface area (Å²) in [5.74, 6) is -0.0327. The lowest BCUT2D eigenvalue weighted by Gasteiger charge is -2.34. The molecule has 0 spiro atoms. The predicted octanol–water partition coefficient (Wildman–Crippen LogP) is 2.00. The minimum absolute atomic E-state index is 0.00628. The average Bonchev–Trinajstić information content (AvgIpc) is 3.17. The van der Waals surface area contributed by atoms with Crippen LogP contribution in [0.1, 0.15) is 20.7 Å². The number of hydrogen-bond donors (Lipinski definition) is 0. The number of carbonyl (C=O) groups excluding carboxylic acids is 2. The van der Waals surface area contributed by atoms with Crippen LogP contribution in [-0.2, 0) is 0 Å². The van der Waals surface area contributed by atoms with Crippen LogP contribution in [0.5, 0.6) is 0 Å². The zero-order valence-electron chi connectivity index (χ0n) is 16.1. The van der Waals surface area contributed by atoms with Gasteiger partial charge in [-0.2, -0.15) is 5.10 Å². The van der Waals surface area contributed by atoms with Gasteiger partial charge in [0.1, 0.15) is 0 Å². The summed E-state index contributed by atoms with van der Waals surface area (Å²) in [7, 11) is 3.91. The summed E-state index contributed by atoms with van der Waals surface area (Å²) in [6.07, 6.45) is 3.44. The zero-order valence-corrected chi connectivity index (χ0v) is 16.1. The summed E-state index contributed by atoms with van der Waals surface area (Å²) in [6, 6.07) is 13.3. The Morgan fingerprint density at radius 3 is 2.36 bits per heavy atom. The highest BCUT2D eigenvalue weighted by Gasteiger charge is 2.27. The predicted molar refractivity (Wildman–Crippen MR) is 108 cm³/mol. The Hall–Kier alpha value is -3.35. The van der Waals surface area contributed by atoms with Crippen molar-refractivity contribution < 1.29 is 9.59 Å². The SMILES string of the molecule is CN(C)c1cccc(C(=O)N2CCN(C(=O)c3cnn4ccccc34)CC2)c1. The van der Waals surface area contributed by atoms with Gasteiger partial charge in [-0.1, -0.05) is 12.1 Å². The lowest BCUT2D eigenvalue weighted by molar-refractivity contribution is 0.0536. The van der Waals surface area contributed by atoms with E-state index in [2.05, 4.69) is 5.10 Å². The van der Waals surface area contributed by atoms with Crippen LogP contribution in [0, 0.1) is 0 Å². The molecular weight excluding hydrogens is 354 g/mol. The van der Waals surface area contributed by atoms with Crippen LogP contribution in [0.4, 0.5) is 5.69 Å². The molecule has 1 fully saturated rings. The van der Waals surface area contributed by atoms with E-state index in [-0.39, 0.29) is 11.8 Å². The summed E-state index contributed by atoms with van der Waals surface area (Å²) in [5.41, 5.74) is 3.06. The van der Waals surface area contributed by atoms with E-state index in [0.717, 1.165) is 11.2 Å². The molecule has 7 heteroatoms. The lowest BCUT2D eigenvalue weighted by Crippen LogP contribution is -2.50. The summed E-state index contributed by atoms with van der Waals surface area (Å²) in [5, 5.41) is 4.24. The Kier molecular flexibility index (Phi) is 4.73. The molecule has 0 bridgehead atoms. The number of amides is 2. The first-order valence-corrected chi connectivity index (χ1v) is 9.33. The fourth-order valence-corrected chi connectivity index (χ4v) is 3.48. The van der Waals surface area contributed by atoms with Gasteiger partial charge in [0.2, 0.25) is 0 Å². The molecule has 1 aliphatic heterocycles. The van der Waals surface area contributed by atoms with E-state index >= 15 is 0 Å². The standard InChI is InChI=1S/C21H23N5O2/c1-23(2)17-7-5-6-16(14-17)20(27)24-10-12-25(13-11-24)21(28)18-15-22-26-9-4-3-8-19(18)26/h3-9,14-15H,10-13H2,1-2H3. The van der Waals surface area contributed by atoms with Crippen molar-refractivity contribution >= 4 is 23.0 Å². The Labute approximate surface area is 163 Å². The fraction of sp³-hybridized carbons (Fsp3) is 0.286. The minimum atomic E-state index is -0.0390. The first kappa shape index (κ1) is 18.0. The number of pyridine rings is 1. The molecule has 28 heavy (non-hydrogen) atoms. The number of aromatic nitrogens is 2. The van der Waals surface area contributed by atoms with Gasteiger partial charge in [0, 0.05) is 57.7 Å². The van der Waals surface area contributed by atoms with E-state index in [0.29, 0.717) is 37.3 Å². The molecular formula is C21H23N5O2. The molecule has 0 aliphatic carbocycles. The van der Waals surface area contributed by atoms with E-state index in [1.807, 2.05) is 72.6 Å². The van der Waals surface area contributed by atoms with Gasteiger partial charge in [-0.05, 0) is 30.3 Å². The fourth-order valence-electron chi connectivity index (χ4n) is 3.48. The van der Waals surface area contributed by atoms with Crippen molar-refractivity contribution in [2.45, 2.75) is 0 Å². The zero-order chi connectivity index (χ0) is 19.7. The molecule has 0 unspecified atom stereocenters. The first-order valence-electron chi connectivity index (χ1n) is 9.33. The van der Waals surface area contributed by atoms with Crippen molar-refractivity contribution in [3.8, 4) is 0 Å². The van der Waals surface area contributed by atoms with Gasteiger partial charge < -0.3 is 14.7 Å². The maximum atomic E-state index is 12.9. The Morgan fingerprint density at radius 1 is 0.929 bits per heavy atom. The minimum Gasteiger partial charge on any atom is -0.378 e. The van der Waals surface area contributed by atoms with E-state index in [1.54, 1.807) is 15.6 Å². The summed E-state index contributed by atoms with van der Waals surface area (Å²) in [6.45, 7) is 2.08. The number of hydrogen-bond acceptors (Lipinski definition) is 4. The van der Waals surface area contributed by atoms with Gasteiger partial charge in [0.15, 0.2) is 0 Å². The second-order valence-electron chi connectivity index (χ2n) is 7.12. The smallest absolute Gasteiger partial charge is 0.257 e. The molecule has 4 rings (SSSR count). The van der Waals surface area contributed by atoms with Gasteiger partial charge in [-0.25, -0.2) is 4.52 Å². The summed E-state index contributed by atoms with van der Waals surface area (Å²) >= 11 is 0. The van der Waals surface area contributed by atoms with Crippen molar-refractivity contribution in [2.75, 3.05) is 45.2 Å². The number of nitrogens with zero attached hydrogens (tertiary/aromatic N) is 5. The van der Waals surface area contributed by atoms with Crippen LogP contribution in [0.2, 0.25) is 0 Å². The molecule has 144 valence electrons. The number of anilines is 1. The Morgan fingerprint density at radius 2 is 1.64 bits per heavy atom. The van der Waals surface area contributed by atoms with Crippen LogP contribution in [-0.4, -0.2) is 71.5 Å².